The fraction of sp³-hybridized carbons (Fsp3) is 0.132. The number of halogens is 1. The average Bonchev–Trinajstić information content (AvgIpc) is 3.71. The number of sulfonamides is 1. The van der Waals surface area contributed by atoms with Crippen LogP contribution in [0.5, 0.6) is 17.4 Å². The first kappa shape index (κ1) is 32.0. The molecule has 0 bridgehead atoms. The van der Waals surface area contributed by atoms with E-state index in [0.717, 1.165) is 16.1 Å². The molecule has 0 aliphatic carbocycles. The molecule has 0 atom stereocenters. The van der Waals surface area contributed by atoms with Gasteiger partial charge in [0.05, 0.1) is 34.4 Å². The van der Waals surface area contributed by atoms with Gasteiger partial charge in [0.2, 0.25) is 15.9 Å². The van der Waals surface area contributed by atoms with Crippen LogP contribution in [0.3, 0.4) is 0 Å². The molecule has 0 fully saturated rings. The number of pyridine rings is 2. The predicted molar refractivity (Wildman–Crippen MR) is 192 cm³/mol. The monoisotopic (exact) mass is 703 g/mol. The average molecular weight is 704 g/mol. The lowest BCUT2D eigenvalue weighted by atomic mass is 10.0. The minimum atomic E-state index is -3.76. The first-order valence-corrected chi connectivity index (χ1v) is 17.7. The van der Waals surface area contributed by atoms with Crippen LogP contribution < -0.4 is 19.1 Å². The van der Waals surface area contributed by atoms with Gasteiger partial charge < -0.3 is 23.8 Å². The van der Waals surface area contributed by atoms with E-state index in [0.29, 0.717) is 61.9 Å². The third-order valence-corrected chi connectivity index (χ3v) is 10.1. The summed E-state index contributed by atoms with van der Waals surface area (Å²) in [6.07, 6.45) is 2.64. The first-order valence-electron chi connectivity index (χ1n) is 15.9. The Morgan fingerprint density at radius 2 is 1.82 bits per heavy atom. The van der Waals surface area contributed by atoms with Gasteiger partial charge in [0, 0.05) is 54.3 Å². The van der Waals surface area contributed by atoms with Gasteiger partial charge >= 0.3 is 0 Å². The van der Waals surface area contributed by atoms with Crippen LogP contribution in [0.4, 0.5) is 10.1 Å². The zero-order valence-corrected chi connectivity index (χ0v) is 28.7. The van der Waals surface area contributed by atoms with E-state index in [9.17, 15) is 17.6 Å². The number of fused-ring (bicyclic) bond motifs is 6. The third-order valence-electron chi connectivity index (χ3n) is 8.96. The summed E-state index contributed by atoms with van der Waals surface area (Å²) in [5, 5.41) is 3.55. The van der Waals surface area contributed by atoms with Gasteiger partial charge in [-0.25, -0.2) is 22.8 Å². The zero-order chi connectivity index (χ0) is 35.6. The number of nitrogens with zero attached hydrogens (tertiary/aromatic N) is 4. The second kappa shape index (κ2) is 12.0. The van der Waals surface area contributed by atoms with E-state index in [-0.39, 0.29) is 35.1 Å². The van der Waals surface area contributed by atoms with Gasteiger partial charge in [0.15, 0.2) is 6.73 Å². The standard InChI is InChI=1S/C38H30FN5O6S/c1-21-8-11-23(12-9-21)49-34-15-10-22(19-41-34)37-35(38(45)40-2)26-16-25(30(18-33(26)50-37)43(3)51(4,46)47)28-13-14-32-36(42-28)31-17-24-27(39)6-5-7-29(24)44(31)20-48-32/h5-19H,20H2,1-4H3,(H,40,45). The summed E-state index contributed by atoms with van der Waals surface area (Å²) < 4.78 is 61.8. The van der Waals surface area contributed by atoms with Crippen LogP contribution in [-0.2, 0) is 16.8 Å². The summed E-state index contributed by atoms with van der Waals surface area (Å²) >= 11 is 0. The molecule has 51 heavy (non-hydrogen) atoms. The fourth-order valence-electron chi connectivity index (χ4n) is 6.25. The van der Waals surface area contributed by atoms with E-state index < -0.39 is 15.9 Å². The Bertz CT molecular complexity index is 2630. The van der Waals surface area contributed by atoms with Gasteiger partial charge in [0.25, 0.3) is 5.91 Å². The van der Waals surface area contributed by atoms with Crippen LogP contribution in [0.2, 0.25) is 0 Å². The number of hydrogen-bond donors (Lipinski definition) is 1. The van der Waals surface area contributed by atoms with E-state index in [1.54, 1.807) is 54.7 Å². The topological polar surface area (TPSA) is 129 Å². The van der Waals surface area contributed by atoms with Crippen molar-refractivity contribution in [2.45, 2.75) is 13.7 Å². The van der Waals surface area contributed by atoms with Crippen molar-refractivity contribution in [2.75, 3.05) is 24.7 Å². The number of ether oxygens (including phenoxy) is 2. The molecule has 1 N–H and O–H groups in total. The maximum Gasteiger partial charge on any atom is 0.255 e. The van der Waals surface area contributed by atoms with Crippen LogP contribution >= 0.6 is 0 Å². The summed E-state index contributed by atoms with van der Waals surface area (Å²) in [6, 6.07) is 24.3. The van der Waals surface area contributed by atoms with E-state index in [4.69, 9.17) is 18.9 Å². The molecule has 0 unspecified atom stereocenters. The van der Waals surface area contributed by atoms with Crippen LogP contribution in [0.1, 0.15) is 15.9 Å². The Morgan fingerprint density at radius 3 is 2.55 bits per heavy atom. The molecule has 5 heterocycles. The number of aryl methyl sites for hydroxylation is 1. The highest BCUT2D eigenvalue weighted by Gasteiger charge is 2.28. The maximum absolute atomic E-state index is 14.8. The van der Waals surface area contributed by atoms with Gasteiger partial charge in [-0.3, -0.25) is 9.10 Å². The summed E-state index contributed by atoms with van der Waals surface area (Å²) in [5.74, 6) is 0.924. The number of aromatic nitrogens is 3. The summed E-state index contributed by atoms with van der Waals surface area (Å²) in [4.78, 5) is 22.9. The van der Waals surface area contributed by atoms with E-state index in [2.05, 4.69) is 10.3 Å². The quantitative estimate of drug-likeness (QED) is 0.181. The Morgan fingerprint density at radius 1 is 1.02 bits per heavy atom. The van der Waals surface area contributed by atoms with Crippen LogP contribution in [-0.4, -0.2) is 49.2 Å². The minimum absolute atomic E-state index is 0.172. The highest BCUT2D eigenvalue weighted by molar-refractivity contribution is 7.92. The number of anilines is 1. The maximum atomic E-state index is 14.8. The lowest BCUT2D eigenvalue weighted by molar-refractivity contribution is 0.0964. The number of carbonyl (C=O) groups excluding carboxylic acids is 1. The highest BCUT2D eigenvalue weighted by Crippen LogP contribution is 2.44. The molecule has 0 saturated carbocycles. The summed E-state index contributed by atoms with van der Waals surface area (Å²) in [5.41, 5.74) is 4.95. The van der Waals surface area contributed by atoms with Crippen LogP contribution in [0, 0.1) is 12.7 Å². The SMILES string of the molecule is CNC(=O)c1c(-c2ccc(Oc3ccc(C)cc3)nc2)oc2cc(N(C)S(C)(=O)=O)c(-c3ccc4c(n3)-c3cc5c(F)cccc5n3CO4)cc12. The number of amides is 1. The fourth-order valence-corrected chi connectivity index (χ4v) is 6.75. The number of carbonyl (C=O) groups is 1. The van der Waals surface area contributed by atoms with Crippen molar-refractivity contribution in [1.29, 1.82) is 0 Å². The summed E-state index contributed by atoms with van der Waals surface area (Å²) in [6.45, 7) is 2.16. The minimum Gasteiger partial charge on any atom is -0.470 e. The van der Waals surface area contributed by atoms with E-state index in [1.807, 2.05) is 41.8 Å². The van der Waals surface area contributed by atoms with Crippen molar-refractivity contribution in [1.82, 2.24) is 19.9 Å². The normalized spacial score (nSPS) is 12.3. The Labute approximate surface area is 291 Å². The second-order valence-corrected chi connectivity index (χ2v) is 14.2. The number of furan rings is 1. The number of hydrogen-bond acceptors (Lipinski definition) is 8. The Balaban J connectivity index is 1.29. The molecule has 0 radical (unpaired) electrons. The second-order valence-electron chi connectivity index (χ2n) is 12.2. The van der Waals surface area contributed by atoms with E-state index >= 15 is 0 Å². The van der Waals surface area contributed by atoms with Crippen LogP contribution in [0.15, 0.2) is 95.5 Å². The van der Waals surface area contributed by atoms with Crippen molar-refractivity contribution in [2.24, 2.45) is 0 Å². The number of nitrogens with one attached hydrogen (secondary N) is 1. The van der Waals surface area contributed by atoms with Crippen molar-refractivity contribution in [3.8, 4) is 51.3 Å². The molecule has 7 aromatic rings. The molecule has 1 aliphatic heterocycles. The molecule has 256 valence electrons. The molecular weight excluding hydrogens is 674 g/mol. The molecule has 11 nitrogen and oxygen atoms in total. The molecule has 3 aromatic carbocycles. The number of benzene rings is 3. The van der Waals surface area contributed by atoms with Gasteiger partial charge in [-0.2, -0.15) is 0 Å². The lowest BCUT2D eigenvalue weighted by Crippen LogP contribution is -2.25. The number of rotatable bonds is 7. The Kier molecular flexibility index (Phi) is 7.53. The first-order chi connectivity index (χ1) is 24.5. The van der Waals surface area contributed by atoms with Gasteiger partial charge in [-0.05, 0) is 61.5 Å². The molecule has 0 spiro atoms. The molecule has 4 aromatic heterocycles. The third kappa shape index (κ3) is 5.51. The lowest BCUT2D eigenvalue weighted by Gasteiger charge is -2.23. The van der Waals surface area contributed by atoms with Gasteiger partial charge in [0.1, 0.15) is 34.4 Å². The van der Waals surface area contributed by atoms with Crippen molar-refractivity contribution in [3.05, 3.63) is 108 Å². The van der Waals surface area contributed by atoms with Crippen LogP contribution in [0.25, 0.3) is 55.8 Å². The van der Waals surface area contributed by atoms with Crippen molar-refractivity contribution in [3.63, 3.8) is 0 Å². The summed E-state index contributed by atoms with van der Waals surface area (Å²) in [7, 11) is -0.814. The van der Waals surface area contributed by atoms with Gasteiger partial charge in [-0.15, -0.1) is 0 Å². The van der Waals surface area contributed by atoms with E-state index in [1.165, 1.54) is 20.2 Å². The molecule has 0 saturated heterocycles. The largest absolute Gasteiger partial charge is 0.470 e. The zero-order valence-electron chi connectivity index (χ0n) is 27.9. The molecule has 8 rings (SSSR count). The van der Waals surface area contributed by atoms with Gasteiger partial charge in [-0.1, -0.05) is 23.8 Å². The smallest absolute Gasteiger partial charge is 0.255 e. The Hall–Kier alpha value is -6.21. The van der Waals surface area contributed by atoms with Crippen molar-refractivity contribution < 1.29 is 31.5 Å². The van der Waals surface area contributed by atoms with Crippen molar-refractivity contribution >= 4 is 43.5 Å². The molecule has 1 aliphatic rings. The predicted octanol–water partition coefficient (Wildman–Crippen LogP) is 7.52. The molecule has 13 heteroatoms. The highest BCUT2D eigenvalue weighted by atomic mass is 32.2. The molecular formula is C38H30FN5O6S. The molecule has 1 amide bonds.